The molecule has 1 heterocycles. The van der Waals surface area contributed by atoms with E-state index in [9.17, 15) is 30.8 Å². The molecule has 0 saturated carbocycles. The SMILES string of the molecule is CC(C)(OC(=O)Nc1cc(Cl)c2c(c1)N(S(=O)(=O)c1ccc(F)cc1)C[C@H](CN)O2)C(F)(F)F. The van der Waals surface area contributed by atoms with Gasteiger partial charge in [0.15, 0.2) is 5.75 Å². The second-order valence-corrected chi connectivity index (χ2v) is 10.1. The number of nitrogens with two attached hydrogens (primary N) is 1. The van der Waals surface area contributed by atoms with Gasteiger partial charge in [0.25, 0.3) is 10.0 Å². The third-order valence-corrected chi connectivity index (χ3v) is 6.96. The van der Waals surface area contributed by atoms with E-state index in [1.54, 1.807) is 0 Å². The van der Waals surface area contributed by atoms with Gasteiger partial charge in [-0.25, -0.2) is 17.6 Å². The molecule has 2 aromatic carbocycles. The first-order chi connectivity index (χ1) is 15.7. The predicted octanol–water partition coefficient (Wildman–Crippen LogP) is 4.28. The van der Waals surface area contributed by atoms with E-state index >= 15 is 0 Å². The van der Waals surface area contributed by atoms with E-state index in [4.69, 9.17) is 22.1 Å². The molecule has 1 amide bonds. The summed E-state index contributed by atoms with van der Waals surface area (Å²) in [5.74, 6) is -0.709. The van der Waals surface area contributed by atoms with E-state index in [-0.39, 0.29) is 40.1 Å². The minimum Gasteiger partial charge on any atom is -0.483 e. The van der Waals surface area contributed by atoms with E-state index in [0.29, 0.717) is 13.8 Å². The number of benzene rings is 2. The molecule has 3 N–H and O–H groups in total. The minimum absolute atomic E-state index is 0.0654. The minimum atomic E-state index is -4.83. The fourth-order valence-electron chi connectivity index (χ4n) is 2.96. The Bertz CT molecular complexity index is 1190. The maximum Gasteiger partial charge on any atom is 0.427 e. The van der Waals surface area contributed by atoms with Crippen molar-refractivity contribution < 1.29 is 40.2 Å². The van der Waals surface area contributed by atoms with Crippen LogP contribution >= 0.6 is 11.6 Å². The molecule has 0 fully saturated rings. The van der Waals surface area contributed by atoms with Crippen LogP contribution in [0.1, 0.15) is 13.8 Å². The van der Waals surface area contributed by atoms with E-state index in [1.165, 1.54) is 0 Å². The summed E-state index contributed by atoms with van der Waals surface area (Å²) in [5, 5.41) is 1.97. The number of halogens is 5. The summed E-state index contributed by atoms with van der Waals surface area (Å²) in [6.45, 7) is 1.03. The molecule has 8 nitrogen and oxygen atoms in total. The summed E-state index contributed by atoms with van der Waals surface area (Å²) in [6.07, 6.45) is -7.05. The quantitative estimate of drug-likeness (QED) is 0.564. The van der Waals surface area contributed by atoms with Crippen molar-refractivity contribution >= 4 is 39.1 Å². The number of anilines is 2. The number of sulfonamides is 1. The standard InChI is InChI=1S/C20H20ClF4N3O5S/c1-19(2,20(23,24)25)33-18(29)27-12-7-15(21)17-16(8-12)28(10-13(9-26)32-17)34(30,31)14-5-3-11(22)4-6-14/h3-8,13H,9-10,26H2,1-2H3,(H,27,29)/t13-/m0/s1. The summed E-state index contributed by atoms with van der Waals surface area (Å²) < 4.78 is 90.0. The molecule has 0 aromatic heterocycles. The number of alkyl halides is 3. The van der Waals surface area contributed by atoms with Crippen molar-refractivity contribution in [2.75, 3.05) is 22.7 Å². The number of nitrogens with one attached hydrogen (secondary N) is 1. The van der Waals surface area contributed by atoms with Gasteiger partial charge in [0.2, 0.25) is 5.60 Å². The number of fused-ring (bicyclic) bond motifs is 1. The highest BCUT2D eigenvalue weighted by Gasteiger charge is 2.51. The zero-order valence-electron chi connectivity index (χ0n) is 17.8. The van der Waals surface area contributed by atoms with Gasteiger partial charge < -0.3 is 15.2 Å². The van der Waals surface area contributed by atoms with E-state index in [1.807, 2.05) is 0 Å². The molecular formula is C20H20ClF4N3O5S. The van der Waals surface area contributed by atoms with Crippen molar-refractivity contribution in [3.05, 3.63) is 47.2 Å². The molecule has 14 heteroatoms. The highest BCUT2D eigenvalue weighted by molar-refractivity contribution is 7.92. The lowest BCUT2D eigenvalue weighted by Gasteiger charge is -2.35. The van der Waals surface area contributed by atoms with E-state index < -0.39 is 39.8 Å². The second-order valence-electron chi connectivity index (χ2n) is 7.79. The Morgan fingerprint density at radius 3 is 2.44 bits per heavy atom. The average molecular weight is 526 g/mol. The molecule has 1 aliphatic rings. The van der Waals surface area contributed by atoms with Crippen LogP contribution in [0.5, 0.6) is 5.75 Å². The molecule has 1 aliphatic heterocycles. The van der Waals surface area contributed by atoms with Crippen molar-refractivity contribution in [2.45, 2.75) is 36.6 Å². The van der Waals surface area contributed by atoms with Crippen LogP contribution in [0.2, 0.25) is 5.02 Å². The third-order valence-electron chi connectivity index (χ3n) is 4.89. The lowest BCUT2D eigenvalue weighted by atomic mass is 10.1. The molecule has 0 unspecified atom stereocenters. The van der Waals surface area contributed by atoms with Crippen molar-refractivity contribution in [1.29, 1.82) is 0 Å². The maximum absolute atomic E-state index is 13.3. The van der Waals surface area contributed by atoms with Gasteiger partial charge >= 0.3 is 12.3 Å². The maximum atomic E-state index is 13.3. The van der Waals surface area contributed by atoms with E-state index in [0.717, 1.165) is 40.7 Å². The molecule has 1 atom stereocenters. The summed E-state index contributed by atoms with van der Waals surface area (Å²) in [4.78, 5) is 11.9. The lowest BCUT2D eigenvalue weighted by molar-refractivity contribution is -0.242. The molecule has 0 saturated heterocycles. The Hall–Kier alpha value is -2.77. The van der Waals surface area contributed by atoms with Crippen molar-refractivity contribution in [3.63, 3.8) is 0 Å². The number of amides is 1. The number of carbonyl (C=O) groups is 1. The fourth-order valence-corrected chi connectivity index (χ4v) is 4.71. The monoisotopic (exact) mass is 525 g/mol. The fraction of sp³-hybridized carbons (Fsp3) is 0.350. The number of hydrogen-bond acceptors (Lipinski definition) is 6. The summed E-state index contributed by atoms with van der Waals surface area (Å²) in [7, 11) is -4.27. The van der Waals surface area contributed by atoms with Crippen LogP contribution in [0.15, 0.2) is 41.3 Å². The van der Waals surface area contributed by atoms with Gasteiger partial charge in [-0.1, -0.05) is 11.6 Å². The molecule has 2 aromatic rings. The van der Waals surface area contributed by atoms with Crippen LogP contribution in [-0.4, -0.2) is 45.5 Å². The molecule has 186 valence electrons. The first-order valence-corrected chi connectivity index (χ1v) is 11.5. The largest absolute Gasteiger partial charge is 0.483 e. The molecule has 34 heavy (non-hydrogen) atoms. The Labute approximate surface area is 197 Å². The zero-order chi connectivity index (χ0) is 25.5. The first-order valence-electron chi connectivity index (χ1n) is 9.71. The second kappa shape index (κ2) is 9.12. The van der Waals surface area contributed by atoms with Gasteiger partial charge in [-0.3, -0.25) is 9.62 Å². The number of rotatable bonds is 5. The normalized spacial score (nSPS) is 16.5. The van der Waals surface area contributed by atoms with Crippen LogP contribution in [0.4, 0.5) is 33.7 Å². The van der Waals surface area contributed by atoms with Gasteiger partial charge in [-0.05, 0) is 50.2 Å². The third kappa shape index (κ3) is 5.15. The van der Waals surface area contributed by atoms with Crippen LogP contribution < -0.4 is 20.1 Å². The number of nitrogens with zero attached hydrogens (tertiary/aromatic N) is 1. The van der Waals surface area contributed by atoms with Gasteiger partial charge in [0, 0.05) is 12.2 Å². The number of carbonyl (C=O) groups excluding carboxylic acids is 1. The van der Waals surface area contributed by atoms with Crippen molar-refractivity contribution in [3.8, 4) is 5.75 Å². The van der Waals surface area contributed by atoms with Gasteiger partial charge in [0.05, 0.1) is 22.2 Å². The highest BCUT2D eigenvalue weighted by atomic mass is 35.5. The lowest BCUT2D eigenvalue weighted by Crippen LogP contribution is -2.46. The van der Waals surface area contributed by atoms with Crippen molar-refractivity contribution in [2.24, 2.45) is 5.73 Å². The molecule has 3 rings (SSSR count). The van der Waals surface area contributed by atoms with Crippen LogP contribution in [0.3, 0.4) is 0 Å². The van der Waals surface area contributed by atoms with Crippen molar-refractivity contribution in [1.82, 2.24) is 0 Å². The Morgan fingerprint density at radius 2 is 1.88 bits per heavy atom. The molecule has 0 aliphatic carbocycles. The Balaban J connectivity index is 2.00. The molecule has 0 radical (unpaired) electrons. The topological polar surface area (TPSA) is 111 Å². The Morgan fingerprint density at radius 1 is 1.26 bits per heavy atom. The molecular weight excluding hydrogens is 506 g/mol. The zero-order valence-corrected chi connectivity index (χ0v) is 19.4. The van der Waals surface area contributed by atoms with Gasteiger partial charge in [-0.2, -0.15) is 13.2 Å². The predicted molar refractivity (Wildman–Crippen MR) is 116 cm³/mol. The van der Waals surface area contributed by atoms with Gasteiger partial charge in [0.1, 0.15) is 11.9 Å². The van der Waals surface area contributed by atoms with Crippen LogP contribution in [0.25, 0.3) is 0 Å². The Kier molecular flexibility index (Phi) is 6.93. The number of hydrogen-bond donors (Lipinski definition) is 2. The van der Waals surface area contributed by atoms with Crippen LogP contribution in [0, 0.1) is 5.82 Å². The first kappa shape index (κ1) is 25.8. The number of ether oxygens (including phenoxy) is 2. The molecule has 0 bridgehead atoms. The summed E-state index contributed by atoms with van der Waals surface area (Å²) >= 11 is 6.23. The molecule has 0 spiro atoms. The summed E-state index contributed by atoms with van der Waals surface area (Å²) in [6, 6.07) is 6.38. The smallest absolute Gasteiger partial charge is 0.427 e. The van der Waals surface area contributed by atoms with Crippen LogP contribution in [-0.2, 0) is 14.8 Å². The van der Waals surface area contributed by atoms with Gasteiger partial charge in [-0.15, -0.1) is 0 Å². The summed E-state index contributed by atoms with van der Waals surface area (Å²) in [5.41, 5.74) is 2.62. The highest BCUT2D eigenvalue weighted by Crippen LogP contribution is 2.44. The van der Waals surface area contributed by atoms with E-state index in [2.05, 4.69) is 10.1 Å². The average Bonchev–Trinajstić information content (AvgIpc) is 2.72.